The highest BCUT2D eigenvalue weighted by Gasteiger charge is 2.34. The van der Waals surface area contributed by atoms with Gasteiger partial charge in [0.25, 0.3) is 10.0 Å². The van der Waals surface area contributed by atoms with Gasteiger partial charge < -0.3 is 10.2 Å². The molecule has 0 aliphatic heterocycles. The number of rotatable bonds is 10. The summed E-state index contributed by atoms with van der Waals surface area (Å²) in [5.74, 6) is -1.57. The van der Waals surface area contributed by atoms with Crippen molar-refractivity contribution < 1.29 is 22.4 Å². The Hall–Kier alpha value is -3.14. The first-order valence-electron chi connectivity index (χ1n) is 13.3. The van der Waals surface area contributed by atoms with Crippen LogP contribution in [0.3, 0.4) is 0 Å². The first-order valence-corrected chi connectivity index (χ1v) is 15.5. The highest BCUT2D eigenvalue weighted by Crippen LogP contribution is 2.29. The van der Waals surface area contributed by atoms with Crippen LogP contribution in [0.5, 0.6) is 0 Å². The van der Waals surface area contributed by atoms with Gasteiger partial charge in [0.1, 0.15) is 18.4 Å². The van der Waals surface area contributed by atoms with Crippen molar-refractivity contribution in [2.75, 3.05) is 10.8 Å². The average molecular weight is 621 g/mol. The number of sulfonamides is 1. The van der Waals surface area contributed by atoms with Crippen LogP contribution < -0.4 is 9.62 Å². The van der Waals surface area contributed by atoms with Crippen LogP contribution in [0, 0.1) is 12.7 Å². The highest BCUT2D eigenvalue weighted by atomic mass is 35.5. The molecule has 1 saturated carbocycles. The van der Waals surface area contributed by atoms with Gasteiger partial charge in [0.15, 0.2) is 0 Å². The first kappa shape index (κ1) is 30.8. The monoisotopic (exact) mass is 619 g/mol. The molecule has 0 aromatic heterocycles. The summed E-state index contributed by atoms with van der Waals surface area (Å²) in [5.41, 5.74) is 1.39. The summed E-state index contributed by atoms with van der Waals surface area (Å²) in [7, 11) is -4.26. The molecule has 0 spiro atoms. The van der Waals surface area contributed by atoms with Gasteiger partial charge in [-0.3, -0.25) is 13.9 Å². The second-order valence-corrected chi connectivity index (χ2v) is 12.9. The van der Waals surface area contributed by atoms with Crippen molar-refractivity contribution in [3.63, 3.8) is 0 Å². The van der Waals surface area contributed by atoms with E-state index in [1.807, 2.05) is 6.92 Å². The zero-order valence-corrected chi connectivity index (χ0v) is 25.1. The zero-order valence-electron chi connectivity index (χ0n) is 22.8. The van der Waals surface area contributed by atoms with Crippen LogP contribution in [0.1, 0.15) is 43.7 Å². The van der Waals surface area contributed by atoms with E-state index in [2.05, 4.69) is 5.32 Å². The lowest BCUT2D eigenvalue weighted by Gasteiger charge is -2.33. The lowest BCUT2D eigenvalue weighted by atomic mass is 10.1. The van der Waals surface area contributed by atoms with Crippen molar-refractivity contribution in [1.82, 2.24) is 10.2 Å². The molecule has 0 saturated heterocycles. The van der Waals surface area contributed by atoms with Crippen LogP contribution >= 0.6 is 23.2 Å². The minimum atomic E-state index is -4.26. The fraction of sp³-hybridized carbons (Fsp3) is 0.333. The maximum Gasteiger partial charge on any atom is 0.264 e. The molecular weight excluding hydrogens is 588 g/mol. The number of hydrogen-bond acceptors (Lipinski definition) is 4. The fourth-order valence-electron chi connectivity index (χ4n) is 4.80. The Morgan fingerprint density at radius 3 is 2.15 bits per heavy atom. The van der Waals surface area contributed by atoms with Crippen molar-refractivity contribution in [1.29, 1.82) is 0 Å². The molecule has 1 atom stereocenters. The molecule has 11 heteroatoms. The third-order valence-corrected chi connectivity index (χ3v) is 9.76. The number of carbonyl (C=O) groups is 2. The Bertz CT molecular complexity index is 1470. The van der Waals surface area contributed by atoms with E-state index >= 15 is 0 Å². The van der Waals surface area contributed by atoms with Gasteiger partial charge >= 0.3 is 0 Å². The summed E-state index contributed by atoms with van der Waals surface area (Å²) >= 11 is 12.8. The molecule has 1 aliphatic carbocycles. The Labute approximate surface area is 250 Å². The number of nitrogens with one attached hydrogen (secondary N) is 1. The molecule has 0 radical (unpaired) electrons. The number of amides is 2. The van der Waals surface area contributed by atoms with E-state index in [1.165, 1.54) is 29.2 Å². The van der Waals surface area contributed by atoms with E-state index in [-0.39, 0.29) is 29.1 Å². The van der Waals surface area contributed by atoms with E-state index < -0.39 is 34.3 Å². The van der Waals surface area contributed by atoms with E-state index in [1.54, 1.807) is 37.3 Å². The van der Waals surface area contributed by atoms with Gasteiger partial charge in [-0.15, -0.1) is 0 Å². The molecule has 2 amide bonds. The largest absolute Gasteiger partial charge is 0.352 e. The number of benzene rings is 3. The van der Waals surface area contributed by atoms with Gasteiger partial charge in [-0.25, -0.2) is 12.8 Å². The number of aryl methyl sites for hydroxylation is 1. The molecule has 7 nitrogen and oxygen atoms in total. The van der Waals surface area contributed by atoms with Gasteiger partial charge in [0.2, 0.25) is 11.8 Å². The van der Waals surface area contributed by atoms with Crippen LogP contribution in [0.2, 0.25) is 10.0 Å². The van der Waals surface area contributed by atoms with Gasteiger partial charge in [-0.05, 0) is 75.2 Å². The Morgan fingerprint density at radius 2 is 1.56 bits per heavy atom. The molecule has 1 fully saturated rings. The van der Waals surface area contributed by atoms with Crippen molar-refractivity contribution in [3.05, 3.63) is 93.7 Å². The maximum atomic E-state index is 14.0. The van der Waals surface area contributed by atoms with Crippen LogP contribution in [0.25, 0.3) is 0 Å². The minimum absolute atomic E-state index is 0.0171. The predicted molar refractivity (Wildman–Crippen MR) is 159 cm³/mol. The number of hydrogen-bond donors (Lipinski definition) is 1. The summed E-state index contributed by atoms with van der Waals surface area (Å²) in [5, 5.41) is 3.62. The third kappa shape index (κ3) is 7.39. The summed E-state index contributed by atoms with van der Waals surface area (Å²) in [6, 6.07) is 15.0. The van der Waals surface area contributed by atoms with Crippen molar-refractivity contribution in [2.24, 2.45) is 0 Å². The molecule has 1 N–H and O–H groups in total. The van der Waals surface area contributed by atoms with E-state index in [9.17, 15) is 22.4 Å². The smallest absolute Gasteiger partial charge is 0.264 e. The average Bonchev–Trinajstić information content (AvgIpc) is 3.45. The summed E-state index contributed by atoms with van der Waals surface area (Å²) in [4.78, 5) is 28.6. The number of anilines is 1. The molecular formula is C30H32Cl2FN3O4S. The third-order valence-electron chi connectivity index (χ3n) is 7.26. The van der Waals surface area contributed by atoms with Crippen molar-refractivity contribution in [2.45, 2.75) is 63.1 Å². The molecule has 0 heterocycles. The number of nitrogens with zero attached hydrogens (tertiary/aromatic N) is 2. The SMILES string of the molecule is Cc1ccc(S(=O)(=O)N(CC(=O)N(Cc2c(Cl)cccc2Cl)C(C)C(=O)NC2CCCC2)c2ccc(F)cc2)cc1. The van der Waals surface area contributed by atoms with E-state index in [4.69, 9.17) is 23.2 Å². The highest BCUT2D eigenvalue weighted by molar-refractivity contribution is 7.92. The number of halogens is 3. The van der Waals surface area contributed by atoms with Crippen molar-refractivity contribution >= 4 is 50.7 Å². The molecule has 1 unspecified atom stereocenters. The lowest BCUT2D eigenvalue weighted by Crippen LogP contribution is -2.52. The zero-order chi connectivity index (χ0) is 29.7. The van der Waals surface area contributed by atoms with Crippen molar-refractivity contribution in [3.8, 4) is 0 Å². The maximum absolute atomic E-state index is 14.0. The molecule has 3 aromatic carbocycles. The Kier molecular flexibility index (Phi) is 9.94. The van der Waals surface area contributed by atoms with Crippen LogP contribution in [-0.2, 0) is 26.2 Å². The van der Waals surface area contributed by atoms with Gasteiger partial charge in [0, 0.05) is 28.2 Å². The van der Waals surface area contributed by atoms with Gasteiger partial charge in [-0.1, -0.05) is 59.8 Å². The van der Waals surface area contributed by atoms with Gasteiger partial charge in [-0.2, -0.15) is 0 Å². The summed E-state index contributed by atoms with van der Waals surface area (Å²) in [6.45, 7) is 2.64. The Morgan fingerprint density at radius 1 is 0.976 bits per heavy atom. The molecule has 0 bridgehead atoms. The predicted octanol–water partition coefficient (Wildman–Crippen LogP) is 6.11. The summed E-state index contributed by atoms with van der Waals surface area (Å²) < 4.78 is 42.3. The molecule has 41 heavy (non-hydrogen) atoms. The molecule has 4 rings (SSSR count). The van der Waals surface area contributed by atoms with Gasteiger partial charge in [0.05, 0.1) is 10.6 Å². The van der Waals surface area contributed by atoms with Crippen LogP contribution in [-0.4, -0.2) is 43.8 Å². The Balaban J connectivity index is 1.71. The first-order chi connectivity index (χ1) is 19.5. The van der Waals surface area contributed by atoms with Crippen LogP contribution in [0.15, 0.2) is 71.6 Å². The topological polar surface area (TPSA) is 86.8 Å². The molecule has 218 valence electrons. The molecule has 1 aliphatic rings. The summed E-state index contributed by atoms with van der Waals surface area (Å²) in [6.07, 6.45) is 3.74. The molecule has 3 aromatic rings. The second kappa shape index (κ2) is 13.2. The fourth-order valence-corrected chi connectivity index (χ4v) is 6.73. The standard InChI is InChI=1S/C30H32Cl2FN3O4S/c1-20-10-16-25(17-11-20)41(39,40)36(24-14-12-22(33)13-15-24)19-29(37)35(18-26-27(31)8-5-9-28(26)32)21(2)30(38)34-23-6-3-4-7-23/h5,8-17,21,23H,3-4,6-7,18-19H2,1-2H3,(H,34,38). The van der Waals surface area contributed by atoms with E-state index in [0.29, 0.717) is 15.6 Å². The normalized spacial score (nSPS) is 14.5. The number of carbonyl (C=O) groups excluding carboxylic acids is 2. The second-order valence-electron chi connectivity index (χ2n) is 10.2. The van der Waals surface area contributed by atoms with Crippen LogP contribution in [0.4, 0.5) is 10.1 Å². The van der Waals surface area contributed by atoms with E-state index in [0.717, 1.165) is 47.7 Å². The minimum Gasteiger partial charge on any atom is -0.352 e. The quantitative estimate of drug-likeness (QED) is 0.296. The lowest BCUT2D eigenvalue weighted by molar-refractivity contribution is -0.139.